The van der Waals surface area contributed by atoms with Gasteiger partial charge in [0, 0.05) is 24.2 Å². The summed E-state index contributed by atoms with van der Waals surface area (Å²) >= 11 is 0. The Labute approximate surface area is 113 Å². The molecule has 4 aromatic rings. The van der Waals surface area contributed by atoms with E-state index in [-0.39, 0.29) is 0 Å². The van der Waals surface area contributed by atoms with E-state index in [1.807, 2.05) is 24.4 Å². The van der Waals surface area contributed by atoms with Crippen LogP contribution in [0.5, 0.6) is 0 Å². The van der Waals surface area contributed by atoms with Crippen molar-refractivity contribution >= 4 is 27.9 Å². The Morgan fingerprint density at radius 1 is 0.950 bits per heavy atom. The van der Waals surface area contributed by atoms with Crippen LogP contribution in [0.4, 0.5) is 5.82 Å². The van der Waals surface area contributed by atoms with Gasteiger partial charge in [0.15, 0.2) is 0 Å². The van der Waals surface area contributed by atoms with Gasteiger partial charge in [0.05, 0.1) is 16.4 Å². The number of aromatic amines is 1. The molecule has 0 saturated heterocycles. The molecule has 4 rings (SSSR count). The van der Waals surface area contributed by atoms with E-state index in [1.165, 1.54) is 6.33 Å². The summed E-state index contributed by atoms with van der Waals surface area (Å²) in [6.45, 7) is 0. The highest BCUT2D eigenvalue weighted by atomic mass is 15.0. The van der Waals surface area contributed by atoms with Crippen molar-refractivity contribution in [3.05, 3.63) is 43.1 Å². The molecule has 96 valence electrons. The fourth-order valence-electron chi connectivity index (χ4n) is 2.35. The average molecular weight is 262 g/mol. The van der Waals surface area contributed by atoms with E-state index < -0.39 is 0 Å². The third-order valence-electron chi connectivity index (χ3n) is 3.28. The minimum Gasteiger partial charge on any atom is -0.383 e. The van der Waals surface area contributed by atoms with Crippen molar-refractivity contribution in [2.24, 2.45) is 0 Å². The molecule has 0 aliphatic rings. The number of nitrogens with two attached hydrogens (primary N) is 1. The summed E-state index contributed by atoms with van der Waals surface area (Å²) in [6.07, 6.45) is 6.69. The van der Waals surface area contributed by atoms with Crippen LogP contribution in [0, 0.1) is 0 Å². The molecule has 0 spiro atoms. The van der Waals surface area contributed by atoms with Crippen LogP contribution in [-0.2, 0) is 0 Å². The summed E-state index contributed by atoms with van der Waals surface area (Å²) in [6, 6.07) is 5.92. The normalized spacial score (nSPS) is 11.2. The van der Waals surface area contributed by atoms with Crippen LogP contribution < -0.4 is 5.73 Å². The van der Waals surface area contributed by atoms with E-state index >= 15 is 0 Å². The molecule has 0 amide bonds. The quantitative estimate of drug-likeness (QED) is 0.548. The van der Waals surface area contributed by atoms with Gasteiger partial charge in [-0.1, -0.05) is 6.07 Å². The molecule has 1 aromatic carbocycles. The number of fused-ring (bicyclic) bond motifs is 2. The lowest BCUT2D eigenvalue weighted by Crippen LogP contribution is -1.92. The van der Waals surface area contributed by atoms with E-state index in [0.717, 1.165) is 33.2 Å². The molecule has 6 heteroatoms. The molecule has 0 radical (unpaired) electrons. The van der Waals surface area contributed by atoms with Gasteiger partial charge >= 0.3 is 0 Å². The van der Waals surface area contributed by atoms with E-state index in [1.54, 1.807) is 12.4 Å². The number of benzene rings is 1. The van der Waals surface area contributed by atoms with E-state index in [2.05, 4.69) is 24.9 Å². The summed E-state index contributed by atoms with van der Waals surface area (Å²) < 4.78 is 0. The average Bonchev–Trinajstić information content (AvgIpc) is 2.92. The van der Waals surface area contributed by atoms with Gasteiger partial charge in [-0.2, -0.15) is 0 Å². The Balaban J connectivity index is 2.01. The molecule has 0 bridgehead atoms. The lowest BCUT2D eigenvalue weighted by atomic mass is 10.1. The molecule has 0 aliphatic carbocycles. The van der Waals surface area contributed by atoms with Crippen molar-refractivity contribution in [1.29, 1.82) is 0 Å². The Morgan fingerprint density at radius 3 is 2.70 bits per heavy atom. The topological polar surface area (TPSA) is 93.4 Å². The van der Waals surface area contributed by atoms with Crippen molar-refractivity contribution in [3.8, 4) is 11.1 Å². The Bertz CT molecular complexity index is 927. The number of rotatable bonds is 1. The molecule has 6 nitrogen and oxygen atoms in total. The summed E-state index contributed by atoms with van der Waals surface area (Å²) in [5.74, 6) is 0.463. The number of H-pyrrole nitrogens is 1. The minimum absolute atomic E-state index is 0.463. The van der Waals surface area contributed by atoms with Crippen molar-refractivity contribution in [2.75, 3.05) is 5.73 Å². The third-order valence-corrected chi connectivity index (χ3v) is 3.28. The van der Waals surface area contributed by atoms with Crippen LogP contribution in [0.2, 0.25) is 0 Å². The van der Waals surface area contributed by atoms with Gasteiger partial charge < -0.3 is 10.7 Å². The molecule has 20 heavy (non-hydrogen) atoms. The number of aromatic nitrogens is 5. The van der Waals surface area contributed by atoms with Gasteiger partial charge in [0.2, 0.25) is 0 Å². The summed E-state index contributed by atoms with van der Waals surface area (Å²) in [5, 5.41) is 0.829. The molecule has 3 aromatic heterocycles. The van der Waals surface area contributed by atoms with Crippen molar-refractivity contribution < 1.29 is 0 Å². The standard InChI is InChI=1S/C14H10N6/c15-13-12-9(6-18-14(12)20-7-19-13)8-1-2-10-11(5-8)17-4-3-16-10/h1-7H,(H3,15,18,19,20). The first kappa shape index (κ1) is 10.9. The SMILES string of the molecule is Nc1ncnc2[nH]cc(-c3ccc4nccnc4c3)c12. The number of nitrogens with zero attached hydrogens (tertiary/aromatic N) is 4. The molecule has 3 N–H and O–H groups in total. The van der Waals surface area contributed by atoms with Crippen LogP contribution in [0.3, 0.4) is 0 Å². The van der Waals surface area contributed by atoms with Gasteiger partial charge in [0.25, 0.3) is 0 Å². The van der Waals surface area contributed by atoms with E-state index in [9.17, 15) is 0 Å². The van der Waals surface area contributed by atoms with Crippen molar-refractivity contribution in [3.63, 3.8) is 0 Å². The van der Waals surface area contributed by atoms with Gasteiger partial charge in [-0.3, -0.25) is 9.97 Å². The second-order valence-electron chi connectivity index (χ2n) is 4.44. The first-order valence-electron chi connectivity index (χ1n) is 6.11. The van der Waals surface area contributed by atoms with Gasteiger partial charge in [-0.15, -0.1) is 0 Å². The zero-order chi connectivity index (χ0) is 13.5. The molecule has 0 aliphatic heterocycles. The predicted octanol–water partition coefficient (Wildman–Crippen LogP) is 2.15. The monoisotopic (exact) mass is 262 g/mol. The number of nitrogen functional groups attached to an aromatic ring is 1. The molecular formula is C14H10N6. The molecule has 0 atom stereocenters. The summed E-state index contributed by atoms with van der Waals surface area (Å²) in [4.78, 5) is 19.9. The fraction of sp³-hybridized carbons (Fsp3) is 0. The second-order valence-corrected chi connectivity index (χ2v) is 4.44. The Morgan fingerprint density at radius 2 is 1.80 bits per heavy atom. The lowest BCUT2D eigenvalue weighted by molar-refractivity contribution is 1.21. The molecule has 3 heterocycles. The fourth-order valence-corrected chi connectivity index (χ4v) is 2.35. The maximum absolute atomic E-state index is 5.95. The number of hydrogen-bond donors (Lipinski definition) is 2. The first-order valence-corrected chi connectivity index (χ1v) is 6.11. The number of anilines is 1. The van der Waals surface area contributed by atoms with Crippen LogP contribution in [0.15, 0.2) is 43.1 Å². The molecule has 0 saturated carbocycles. The van der Waals surface area contributed by atoms with E-state index in [0.29, 0.717) is 5.82 Å². The Hall–Kier alpha value is -3.02. The zero-order valence-corrected chi connectivity index (χ0v) is 10.4. The first-order chi connectivity index (χ1) is 9.83. The Kier molecular flexibility index (Phi) is 2.17. The summed E-state index contributed by atoms with van der Waals surface area (Å²) in [5.41, 5.74) is 10.4. The van der Waals surface area contributed by atoms with Gasteiger partial charge in [0.1, 0.15) is 17.8 Å². The second kappa shape index (κ2) is 3.99. The van der Waals surface area contributed by atoms with Crippen molar-refractivity contribution in [2.45, 2.75) is 0 Å². The van der Waals surface area contributed by atoms with Crippen LogP contribution in [0.25, 0.3) is 33.2 Å². The molecule has 0 fully saturated rings. The highest BCUT2D eigenvalue weighted by Gasteiger charge is 2.11. The minimum atomic E-state index is 0.463. The highest BCUT2D eigenvalue weighted by Crippen LogP contribution is 2.31. The van der Waals surface area contributed by atoms with Gasteiger partial charge in [-0.25, -0.2) is 9.97 Å². The maximum Gasteiger partial charge on any atom is 0.143 e. The van der Waals surface area contributed by atoms with Gasteiger partial charge in [-0.05, 0) is 17.7 Å². The largest absolute Gasteiger partial charge is 0.383 e. The number of nitrogens with one attached hydrogen (secondary N) is 1. The number of hydrogen-bond acceptors (Lipinski definition) is 5. The zero-order valence-electron chi connectivity index (χ0n) is 10.4. The lowest BCUT2D eigenvalue weighted by Gasteiger charge is -2.02. The smallest absolute Gasteiger partial charge is 0.143 e. The highest BCUT2D eigenvalue weighted by molar-refractivity contribution is 6.01. The summed E-state index contributed by atoms with van der Waals surface area (Å²) in [7, 11) is 0. The van der Waals surface area contributed by atoms with E-state index in [4.69, 9.17) is 5.73 Å². The van der Waals surface area contributed by atoms with Crippen LogP contribution in [0.1, 0.15) is 0 Å². The molecule has 0 unspecified atom stereocenters. The van der Waals surface area contributed by atoms with Crippen LogP contribution in [-0.4, -0.2) is 24.9 Å². The molecular weight excluding hydrogens is 252 g/mol. The predicted molar refractivity (Wildman–Crippen MR) is 76.8 cm³/mol. The third kappa shape index (κ3) is 1.51. The van der Waals surface area contributed by atoms with Crippen LogP contribution >= 0.6 is 0 Å². The maximum atomic E-state index is 5.95. The van der Waals surface area contributed by atoms with Crippen molar-refractivity contribution in [1.82, 2.24) is 24.9 Å².